The Morgan fingerprint density at radius 1 is 0.781 bits per heavy atom. The molecule has 0 unspecified atom stereocenters. The summed E-state index contributed by atoms with van der Waals surface area (Å²) in [6.07, 6.45) is 0. The second-order valence-corrected chi connectivity index (χ2v) is 7.34. The van der Waals surface area contributed by atoms with Crippen LogP contribution in [0.15, 0.2) is 41.3 Å². The molecule has 0 heterocycles. The third kappa shape index (κ3) is 7.56. The van der Waals surface area contributed by atoms with Gasteiger partial charge in [-0.2, -0.15) is 0 Å². The van der Waals surface area contributed by atoms with Crippen LogP contribution in [0, 0.1) is 0 Å². The molecule has 2 N–H and O–H groups in total. The molecule has 174 valence electrons. The molecule has 2 aromatic carbocycles. The minimum absolute atomic E-state index is 0.145. The third-order valence-corrected chi connectivity index (χ3v) is 5.00. The maximum Gasteiger partial charge on any atom is 0.269 e. The van der Waals surface area contributed by atoms with Crippen molar-refractivity contribution >= 4 is 23.6 Å². The van der Waals surface area contributed by atoms with E-state index in [0.717, 1.165) is 10.6 Å². The van der Waals surface area contributed by atoms with Gasteiger partial charge in [-0.15, -0.1) is 11.8 Å². The number of hydrazine groups is 1. The summed E-state index contributed by atoms with van der Waals surface area (Å²) in [6, 6.07) is 10.6. The number of carbonyl (C=O) groups excluding carboxylic acids is 2. The minimum atomic E-state index is -0.491. The van der Waals surface area contributed by atoms with Crippen LogP contribution in [-0.2, 0) is 4.79 Å². The molecule has 2 aromatic rings. The Balaban J connectivity index is 1.97. The Morgan fingerprint density at radius 2 is 1.34 bits per heavy atom. The lowest BCUT2D eigenvalue weighted by Crippen LogP contribution is -2.42. The largest absolute Gasteiger partial charge is 0.494 e. The number of carbonyl (C=O) groups is 2. The van der Waals surface area contributed by atoms with Crippen LogP contribution in [0.25, 0.3) is 0 Å². The number of hydrogen-bond acceptors (Lipinski definition) is 7. The first-order chi connectivity index (χ1) is 15.5. The van der Waals surface area contributed by atoms with Crippen molar-refractivity contribution in [3.05, 3.63) is 42.0 Å². The molecule has 0 aromatic heterocycles. The van der Waals surface area contributed by atoms with Crippen LogP contribution in [0.2, 0.25) is 0 Å². The number of nitrogens with one attached hydrogen (secondary N) is 2. The highest BCUT2D eigenvalue weighted by Gasteiger charge is 2.18. The summed E-state index contributed by atoms with van der Waals surface area (Å²) >= 11 is 1.35. The van der Waals surface area contributed by atoms with Gasteiger partial charge in [-0.25, -0.2) is 0 Å². The van der Waals surface area contributed by atoms with Crippen LogP contribution in [-0.4, -0.2) is 44.0 Å². The summed E-state index contributed by atoms with van der Waals surface area (Å²) in [5, 5.41) is 0. The second kappa shape index (κ2) is 13.4. The van der Waals surface area contributed by atoms with E-state index in [4.69, 9.17) is 18.9 Å². The lowest BCUT2D eigenvalue weighted by molar-refractivity contribution is -0.119. The molecule has 0 aliphatic carbocycles. The van der Waals surface area contributed by atoms with Crippen LogP contribution in [0.1, 0.15) is 38.1 Å². The van der Waals surface area contributed by atoms with E-state index in [2.05, 4.69) is 10.9 Å². The summed E-state index contributed by atoms with van der Waals surface area (Å²) in [5.41, 5.74) is 5.13. The second-order valence-electron chi connectivity index (χ2n) is 6.30. The van der Waals surface area contributed by atoms with Crippen molar-refractivity contribution in [3.8, 4) is 23.0 Å². The molecule has 32 heavy (non-hydrogen) atoms. The van der Waals surface area contributed by atoms with Crippen LogP contribution in [0.5, 0.6) is 23.0 Å². The molecule has 9 heteroatoms. The van der Waals surface area contributed by atoms with Gasteiger partial charge in [-0.1, -0.05) is 0 Å². The summed E-state index contributed by atoms with van der Waals surface area (Å²) < 4.78 is 22.3. The average molecular weight is 463 g/mol. The Morgan fingerprint density at radius 3 is 1.88 bits per heavy atom. The smallest absolute Gasteiger partial charge is 0.269 e. The van der Waals surface area contributed by atoms with Gasteiger partial charge in [0.2, 0.25) is 11.7 Å². The SMILES string of the molecule is CCOc1ccc(SCC(=O)NNC(=O)c2cc(OCC)c(OCC)c(OCC)c2)cc1. The van der Waals surface area contributed by atoms with E-state index in [-0.39, 0.29) is 17.2 Å². The Bertz CT molecular complexity index is 862. The number of amides is 2. The van der Waals surface area contributed by atoms with E-state index in [9.17, 15) is 9.59 Å². The minimum Gasteiger partial charge on any atom is -0.494 e. The lowest BCUT2D eigenvalue weighted by atomic mass is 10.1. The van der Waals surface area contributed by atoms with E-state index in [1.807, 2.05) is 52.0 Å². The van der Waals surface area contributed by atoms with Gasteiger partial charge in [0.25, 0.3) is 5.91 Å². The number of thioether (sulfide) groups is 1. The molecular formula is C23H30N2O6S. The average Bonchev–Trinajstić information content (AvgIpc) is 2.79. The molecular weight excluding hydrogens is 432 g/mol. The maximum absolute atomic E-state index is 12.6. The van der Waals surface area contributed by atoms with Gasteiger partial charge in [0.1, 0.15) is 5.75 Å². The number of rotatable bonds is 12. The lowest BCUT2D eigenvalue weighted by Gasteiger charge is -2.17. The molecule has 2 rings (SSSR count). The van der Waals surface area contributed by atoms with E-state index in [0.29, 0.717) is 43.7 Å². The molecule has 8 nitrogen and oxygen atoms in total. The zero-order valence-electron chi connectivity index (χ0n) is 18.9. The highest BCUT2D eigenvalue weighted by atomic mass is 32.2. The van der Waals surface area contributed by atoms with Gasteiger partial charge < -0.3 is 18.9 Å². The fraction of sp³-hybridized carbons (Fsp3) is 0.391. The van der Waals surface area contributed by atoms with Crippen molar-refractivity contribution in [3.63, 3.8) is 0 Å². The van der Waals surface area contributed by atoms with Gasteiger partial charge in [0.15, 0.2) is 11.5 Å². The van der Waals surface area contributed by atoms with Crippen molar-refractivity contribution in [1.82, 2.24) is 10.9 Å². The highest BCUT2D eigenvalue weighted by Crippen LogP contribution is 2.39. The molecule has 0 saturated heterocycles. The number of benzene rings is 2. The van der Waals surface area contributed by atoms with E-state index in [1.165, 1.54) is 11.8 Å². The number of ether oxygens (including phenoxy) is 4. The molecule has 0 saturated carbocycles. The molecule has 0 radical (unpaired) electrons. The van der Waals surface area contributed by atoms with Gasteiger partial charge in [-0.3, -0.25) is 20.4 Å². The van der Waals surface area contributed by atoms with Crippen molar-refractivity contribution in [2.75, 3.05) is 32.2 Å². The molecule has 2 amide bonds. The van der Waals surface area contributed by atoms with Crippen molar-refractivity contribution in [2.24, 2.45) is 0 Å². The number of hydrogen-bond donors (Lipinski definition) is 2. The monoisotopic (exact) mass is 462 g/mol. The third-order valence-electron chi connectivity index (χ3n) is 3.99. The molecule has 0 aliphatic heterocycles. The van der Waals surface area contributed by atoms with E-state index >= 15 is 0 Å². The van der Waals surface area contributed by atoms with E-state index < -0.39 is 5.91 Å². The van der Waals surface area contributed by atoms with Crippen LogP contribution in [0.4, 0.5) is 0 Å². The first-order valence-corrected chi connectivity index (χ1v) is 11.5. The summed E-state index contributed by atoms with van der Waals surface area (Å²) in [5.74, 6) is 1.36. The van der Waals surface area contributed by atoms with Crippen molar-refractivity contribution < 1.29 is 28.5 Å². The highest BCUT2D eigenvalue weighted by molar-refractivity contribution is 8.00. The Labute approximate surface area is 192 Å². The predicted molar refractivity (Wildman–Crippen MR) is 124 cm³/mol. The van der Waals surface area contributed by atoms with Crippen LogP contribution < -0.4 is 29.8 Å². The van der Waals surface area contributed by atoms with Crippen LogP contribution >= 0.6 is 11.8 Å². The van der Waals surface area contributed by atoms with E-state index in [1.54, 1.807) is 12.1 Å². The van der Waals surface area contributed by atoms with Gasteiger partial charge in [-0.05, 0) is 64.1 Å². The maximum atomic E-state index is 12.6. The van der Waals surface area contributed by atoms with Crippen LogP contribution in [0.3, 0.4) is 0 Å². The zero-order valence-corrected chi connectivity index (χ0v) is 19.7. The summed E-state index contributed by atoms with van der Waals surface area (Å²) in [6.45, 7) is 9.27. The van der Waals surface area contributed by atoms with Gasteiger partial charge in [0.05, 0.1) is 32.2 Å². The van der Waals surface area contributed by atoms with Crippen molar-refractivity contribution in [1.29, 1.82) is 0 Å². The standard InChI is InChI=1S/C23H30N2O6S/c1-5-28-17-9-11-18(12-10-17)32-15-21(26)24-25-23(27)16-13-19(29-6-2)22(31-8-4)20(14-16)30-7-3/h9-14H,5-8,15H2,1-4H3,(H,24,26)(H,25,27). The predicted octanol–water partition coefficient (Wildman–Crippen LogP) is 3.83. The Kier molecular flexibility index (Phi) is 10.5. The summed E-state index contributed by atoms with van der Waals surface area (Å²) in [4.78, 5) is 25.7. The van der Waals surface area contributed by atoms with Gasteiger partial charge in [0, 0.05) is 10.5 Å². The van der Waals surface area contributed by atoms with Gasteiger partial charge >= 0.3 is 0 Å². The zero-order chi connectivity index (χ0) is 23.3. The first kappa shape index (κ1) is 25.2. The normalized spacial score (nSPS) is 10.2. The topological polar surface area (TPSA) is 95.1 Å². The summed E-state index contributed by atoms with van der Waals surface area (Å²) in [7, 11) is 0. The molecule has 0 aliphatic rings. The first-order valence-electron chi connectivity index (χ1n) is 10.5. The molecule has 0 spiro atoms. The molecule has 0 atom stereocenters. The molecule has 0 bridgehead atoms. The quantitative estimate of drug-likeness (QED) is 0.366. The Hall–Kier alpha value is -3.07. The van der Waals surface area contributed by atoms with Crippen molar-refractivity contribution in [2.45, 2.75) is 32.6 Å². The molecule has 0 fully saturated rings. The fourth-order valence-electron chi connectivity index (χ4n) is 2.70. The fourth-order valence-corrected chi connectivity index (χ4v) is 3.40.